The predicted molar refractivity (Wildman–Crippen MR) is 121 cm³/mol. The summed E-state index contributed by atoms with van der Waals surface area (Å²) in [7, 11) is 0. The molecule has 29 heavy (non-hydrogen) atoms. The Morgan fingerprint density at radius 3 is 2.00 bits per heavy atom. The summed E-state index contributed by atoms with van der Waals surface area (Å²) in [5, 5.41) is 20.9. The van der Waals surface area contributed by atoms with Gasteiger partial charge in [-0.2, -0.15) is 0 Å². The van der Waals surface area contributed by atoms with Crippen LogP contribution >= 0.6 is 24.4 Å². The maximum atomic E-state index is 10.9. The summed E-state index contributed by atoms with van der Waals surface area (Å²) in [6.07, 6.45) is 0. The minimum atomic E-state index is -1.48. The Kier molecular flexibility index (Phi) is 5.13. The standard InChI is InChI=1S/C23H17NO3S2/c25-20(28)19(15-9-3-1-4-10-15)23(22(26)29,16-11-5-2-6-12-16)21-24-17-13-7-8-14-18(17)27-21/h1-14,19H,(H,25,28)(H,26,29). The van der Waals surface area contributed by atoms with Crippen molar-refractivity contribution in [2.45, 2.75) is 11.3 Å². The molecule has 4 rings (SSSR count). The van der Waals surface area contributed by atoms with Crippen LogP contribution in [0.15, 0.2) is 89.3 Å². The van der Waals surface area contributed by atoms with Crippen molar-refractivity contribution in [3.8, 4) is 0 Å². The monoisotopic (exact) mass is 419 g/mol. The average Bonchev–Trinajstić information content (AvgIpc) is 3.17. The lowest BCUT2D eigenvalue weighted by molar-refractivity contribution is 0.378. The summed E-state index contributed by atoms with van der Waals surface area (Å²) >= 11 is 10.6. The lowest BCUT2D eigenvalue weighted by atomic mass is 9.67. The lowest BCUT2D eigenvalue weighted by Crippen LogP contribution is -2.45. The van der Waals surface area contributed by atoms with Gasteiger partial charge in [-0.05, 0) is 47.7 Å². The number of aliphatic hydroxyl groups excluding tert-OH is 2. The molecule has 2 N–H and O–H groups in total. The van der Waals surface area contributed by atoms with Gasteiger partial charge in [0.05, 0.1) is 5.92 Å². The first kappa shape index (κ1) is 19.2. The number of rotatable bonds is 6. The minimum absolute atomic E-state index is 0.169. The number of hydrogen-bond donors (Lipinski definition) is 2. The highest BCUT2D eigenvalue weighted by Gasteiger charge is 2.53. The van der Waals surface area contributed by atoms with Crippen molar-refractivity contribution in [1.29, 1.82) is 0 Å². The number of thiocarbonyl (C=S) groups is 2. The van der Waals surface area contributed by atoms with Gasteiger partial charge < -0.3 is 14.6 Å². The first-order valence-corrected chi connectivity index (χ1v) is 9.79. The highest BCUT2D eigenvalue weighted by Crippen LogP contribution is 2.46. The highest BCUT2D eigenvalue weighted by molar-refractivity contribution is 7.80. The van der Waals surface area contributed by atoms with Crippen LogP contribution < -0.4 is 0 Å². The van der Waals surface area contributed by atoms with Crippen LogP contribution in [-0.4, -0.2) is 25.3 Å². The maximum Gasteiger partial charge on any atom is 0.215 e. The fourth-order valence-corrected chi connectivity index (χ4v) is 4.35. The van der Waals surface area contributed by atoms with Gasteiger partial charge in [-0.1, -0.05) is 72.8 Å². The van der Waals surface area contributed by atoms with E-state index >= 15 is 0 Å². The van der Waals surface area contributed by atoms with Crippen molar-refractivity contribution in [2.24, 2.45) is 0 Å². The Labute approximate surface area is 178 Å². The van der Waals surface area contributed by atoms with Crippen LogP contribution in [0.3, 0.4) is 0 Å². The van der Waals surface area contributed by atoms with Gasteiger partial charge in [-0.3, -0.25) is 0 Å². The third-order valence-electron chi connectivity index (χ3n) is 5.01. The summed E-state index contributed by atoms with van der Waals surface area (Å²) < 4.78 is 6.07. The fraction of sp³-hybridized carbons (Fsp3) is 0.0870. The number of para-hydroxylation sites is 2. The molecular weight excluding hydrogens is 402 g/mol. The van der Waals surface area contributed by atoms with Crippen molar-refractivity contribution in [3.63, 3.8) is 0 Å². The SMILES string of the molecule is OC(=S)C(c1ccccc1)C(C(O)=S)(c1ccccc1)c1nc2ccccc2o1. The molecule has 0 radical (unpaired) electrons. The van der Waals surface area contributed by atoms with E-state index in [4.69, 9.17) is 28.9 Å². The Hall–Kier alpha value is -3.09. The summed E-state index contributed by atoms with van der Waals surface area (Å²) in [6.45, 7) is 0. The van der Waals surface area contributed by atoms with Gasteiger partial charge in [-0.25, -0.2) is 4.98 Å². The van der Waals surface area contributed by atoms with Crippen molar-refractivity contribution < 1.29 is 14.6 Å². The van der Waals surface area contributed by atoms with Gasteiger partial charge in [0.1, 0.15) is 5.52 Å². The zero-order valence-electron chi connectivity index (χ0n) is 15.2. The van der Waals surface area contributed by atoms with Crippen LogP contribution in [0.5, 0.6) is 0 Å². The molecule has 0 fully saturated rings. The number of benzene rings is 3. The van der Waals surface area contributed by atoms with Gasteiger partial charge in [0, 0.05) is 0 Å². The van der Waals surface area contributed by atoms with Gasteiger partial charge >= 0.3 is 0 Å². The molecule has 2 atom stereocenters. The quantitative estimate of drug-likeness (QED) is 0.393. The van der Waals surface area contributed by atoms with Gasteiger partial charge in [0.15, 0.2) is 21.1 Å². The minimum Gasteiger partial charge on any atom is -0.501 e. The van der Waals surface area contributed by atoms with E-state index in [-0.39, 0.29) is 16.0 Å². The largest absolute Gasteiger partial charge is 0.501 e. The smallest absolute Gasteiger partial charge is 0.215 e. The molecule has 1 aromatic heterocycles. The molecule has 1 heterocycles. The number of aliphatic hydroxyl groups is 2. The Morgan fingerprint density at radius 2 is 1.41 bits per heavy atom. The molecule has 4 nitrogen and oxygen atoms in total. The van der Waals surface area contributed by atoms with E-state index in [0.29, 0.717) is 22.2 Å². The molecule has 6 heteroatoms. The molecule has 0 bridgehead atoms. The molecule has 3 aromatic carbocycles. The Bertz CT molecular complexity index is 1140. The highest BCUT2D eigenvalue weighted by atomic mass is 32.1. The molecule has 0 aliphatic heterocycles. The number of fused-ring (bicyclic) bond motifs is 1. The normalized spacial score (nSPS) is 14.2. The van der Waals surface area contributed by atoms with Crippen molar-refractivity contribution >= 4 is 45.6 Å². The Morgan fingerprint density at radius 1 is 0.828 bits per heavy atom. The maximum absolute atomic E-state index is 10.9. The predicted octanol–water partition coefficient (Wildman–Crippen LogP) is 5.67. The first-order valence-electron chi connectivity index (χ1n) is 8.98. The van der Waals surface area contributed by atoms with Crippen LogP contribution in [-0.2, 0) is 5.41 Å². The molecule has 4 aromatic rings. The van der Waals surface area contributed by atoms with Crippen molar-refractivity contribution in [3.05, 3.63) is 102 Å². The summed E-state index contributed by atoms with van der Waals surface area (Å²) in [4.78, 5) is 4.63. The zero-order valence-corrected chi connectivity index (χ0v) is 16.9. The van der Waals surface area contributed by atoms with Crippen molar-refractivity contribution in [2.75, 3.05) is 0 Å². The molecule has 0 saturated carbocycles. The van der Waals surface area contributed by atoms with Gasteiger partial charge in [-0.15, -0.1) is 0 Å². The third-order valence-corrected chi connectivity index (χ3v) is 5.57. The summed E-state index contributed by atoms with van der Waals surface area (Å²) in [6, 6.07) is 25.6. The molecule has 2 unspecified atom stereocenters. The van der Waals surface area contributed by atoms with E-state index in [1.165, 1.54) is 0 Å². The Balaban J connectivity index is 2.10. The summed E-state index contributed by atoms with van der Waals surface area (Å²) in [5.74, 6) is -0.714. The first-order chi connectivity index (χ1) is 14.0. The zero-order chi connectivity index (χ0) is 20.4. The molecular formula is C23H17NO3S2. The van der Waals surface area contributed by atoms with Crippen molar-refractivity contribution in [1.82, 2.24) is 4.98 Å². The molecule has 0 aliphatic rings. The van der Waals surface area contributed by atoms with Crippen LogP contribution in [0.4, 0.5) is 0 Å². The topological polar surface area (TPSA) is 66.5 Å². The second-order valence-electron chi connectivity index (χ2n) is 6.65. The fourth-order valence-electron chi connectivity index (χ4n) is 3.72. The number of oxazole rings is 1. The molecule has 0 spiro atoms. The van der Waals surface area contributed by atoms with Crippen LogP contribution in [0.25, 0.3) is 11.1 Å². The second-order valence-corrected chi connectivity index (χ2v) is 7.45. The lowest BCUT2D eigenvalue weighted by Gasteiger charge is -2.36. The third kappa shape index (κ3) is 3.20. The van der Waals surface area contributed by atoms with E-state index in [9.17, 15) is 10.2 Å². The average molecular weight is 420 g/mol. The van der Waals surface area contributed by atoms with Crippen LogP contribution in [0.2, 0.25) is 0 Å². The molecule has 0 saturated heterocycles. The van der Waals surface area contributed by atoms with E-state index in [2.05, 4.69) is 4.98 Å². The number of nitrogens with zero attached hydrogens (tertiary/aromatic N) is 1. The van der Waals surface area contributed by atoms with Crippen LogP contribution in [0.1, 0.15) is 22.9 Å². The molecule has 144 valence electrons. The van der Waals surface area contributed by atoms with E-state index in [0.717, 1.165) is 0 Å². The van der Waals surface area contributed by atoms with Gasteiger partial charge in [0.2, 0.25) is 5.89 Å². The number of aromatic nitrogens is 1. The second kappa shape index (κ2) is 7.73. The summed E-state index contributed by atoms with van der Waals surface area (Å²) in [5.41, 5.74) is 0.985. The molecule has 0 aliphatic carbocycles. The van der Waals surface area contributed by atoms with E-state index in [1.54, 1.807) is 6.07 Å². The van der Waals surface area contributed by atoms with E-state index in [1.807, 2.05) is 78.9 Å². The van der Waals surface area contributed by atoms with E-state index < -0.39 is 11.3 Å². The van der Waals surface area contributed by atoms with Crippen LogP contribution in [0, 0.1) is 0 Å². The molecule has 0 amide bonds. The number of hydrogen-bond acceptors (Lipinski definition) is 4. The van der Waals surface area contributed by atoms with Gasteiger partial charge in [0.25, 0.3) is 0 Å².